The number of halogens is 4. The van der Waals surface area contributed by atoms with Crippen molar-refractivity contribution in [3.05, 3.63) is 65.0 Å². The minimum Gasteiger partial charge on any atom is -0.331 e. The zero-order valence-corrected chi connectivity index (χ0v) is 15.2. The summed E-state index contributed by atoms with van der Waals surface area (Å²) in [4.78, 5) is 3.49. The number of hydrogen-bond acceptors (Lipinski definition) is 5. The van der Waals surface area contributed by atoms with Crippen LogP contribution in [0.25, 0.3) is 11.4 Å². The predicted molar refractivity (Wildman–Crippen MR) is 91.8 cm³/mol. The van der Waals surface area contributed by atoms with Crippen LogP contribution in [0.1, 0.15) is 11.5 Å². The summed E-state index contributed by atoms with van der Waals surface area (Å²) in [6, 6.07) is 12.0. The first-order valence-corrected chi connectivity index (χ1v) is 9.54. The highest BCUT2D eigenvalue weighted by molar-refractivity contribution is 7.90. The fourth-order valence-electron chi connectivity index (χ4n) is 2.17. The molecule has 2 aromatic carbocycles. The number of aromatic nitrogens is 2. The SMILES string of the molecule is O=S(=O)(Cc1ccc(Cl)cc1)c1cccc(-c2noc(C(F)(F)Cl)n2)c1. The molecule has 0 amide bonds. The molecule has 0 atom stereocenters. The van der Waals surface area contributed by atoms with Gasteiger partial charge in [-0.1, -0.05) is 41.0 Å². The van der Waals surface area contributed by atoms with Gasteiger partial charge in [-0.3, -0.25) is 0 Å². The third-order valence-electron chi connectivity index (χ3n) is 3.39. The van der Waals surface area contributed by atoms with Crippen molar-refractivity contribution in [1.82, 2.24) is 10.1 Å². The molecule has 0 N–H and O–H groups in total. The summed E-state index contributed by atoms with van der Waals surface area (Å²) in [7, 11) is -3.68. The van der Waals surface area contributed by atoms with E-state index in [1.807, 2.05) is 0 Å². The van der Waals surface area contributed by atoms with Crippen molar-refractivity contribution >= 4 is 33.0 Å². The van der Waals surface area contributed by atoms with E-state index in [1.54, 1.807) is 24.3 Å². The van der Waals surface area contributed by atoms with Crippen molar-refractivity contribution in [2.45, 2.75) is 16.0 Å². The molecule has 10 heteroatoms. The molecule has 3 rings (SSSR count). The number of hydrogen-bond donors (Lipinski definition) is 0. The van der Waals surface area contributed by atoms with Crippen LogP contribution < -0.4 is 0 Å². The zero-order valence-electron chi connectivity index (χ0n) is 12.9. The van der Waals surface area contributed by atoms with E-state index in [-0.39, 0.29) is 22.0 Å². The molecule has 0 radical (unpaired) electrons. The van der Waals surface area contributed by atoms with Crippen LogP contribution in [-0.2, 0) is 21.0 Å². The van der Waals surface area contributed by atoms with E-state index in [0.29, 0.717) is 10.6 Å². The summed E-state index contributed by atoms with van der Waals surface area (Å²) in [6.07, 6.45) is 0. The minimum atomic E-state index is -3.80. The molecule has 3 aromatic rings. The van der Waals surface area contributed by atoms with Crippen LogP contribution in [0.2, 0.25) is 5.02 Å². The van der Waals surface area contributed by atoms with Gasteiger partial charge in [0.05, 0.1) is 10.6 Å². The number of sulfone groups is 1. The summed E-state index contributed by atoms with van der Waals surface area (Å²) in [5.41, 5.74) is 0.765. The van der Waals surface area contributed by atoms with E-state index < -0.39 is 21.1 Å². The van der Waals surface area contributed by atoms with Gasteiger partial charge in [-0.2, -0.15) is 13.8 Å². The summed E-state index contributed by atoms with van der Waals surface area (Å²) in [6.45, 7) is 0. The van der Waals surface area contributed by atoms with Gasteiger partial charge in [-0.05, 0) is 41.4 Å². The molecule has 0 aliphatic carbocycles. The monoisotopic (exact) mass is 418 g/mol. The Morgan fingerprint density at radius 3 is 2.42 bits per heavy atom. The number of rotatable bonds is 5. The lowest BCUT2D eigenvalue weighted by molar-refractivity contribution is 0.0551. The lowest BCUT2D eigenvalue weighted by Gasteiger charge is -2.06. The largest absolute Gasteiger partial charge is 0.400 e. The van der Waals surface area contributed by atoms with Gasteiger partial charge in [0.1, 0.15) is 0 Å². The van der Waals surface area contributed by atoms with Crippen LogP contribution in [0.3, 0.4) is 0 Å². The Kier molecular flexibility index (Phi) is 5.01. The third kappa shape index (κ3) is 4.20. The lowest BCUT2D eigenvalue weighted by Crippen LogP contribution is -2.05. The molecule has 0 saturated carbocycles. The van der Waals surface area contributed by atoms with Crippen LogP contribution in [0.4, 0.5) is 8.78 Å². The topological polar surface area (TPSA) is 73.1 Å². The Labute approximate surface area is 157 Å². The Hall–Kier alpha value is -2.03. The maximum absolute atomic E-state index is 13.0. The van der Waals surface area contributed by atoms with Gasteiger partial charge in [0.25, 0.3) is 0 Å². The van der Waals surface area contributed by atoms with Crippen LogP contribution in [0, 0.1) is 0 Å². The summed E-state index contributed by atoms with van der Waals surface area (Å²) in [5, 5.41) is 0.105. The van der Waals surface area contributed by atoms with Gasteiger partial charge < -0.3 is 4.52 Å². The first kappa shape index (κ1) is 18.8. The quantitative estimate of drug-likeness (QED) is 0.563. The normalized spacial score (nSPS) is 12.3. The molecule has 0 bridgehead atoms. The molecule has 1 heterocycles. The Morgan fingerprint density at radius 1 is 1.12 bits per heavy atom. The molecule has 0 saturated heterocycles. The number of alkyl halides is 3. The Bertz CT molecular complexity index is 1030. The molecule has 0 aliphatic heterocycles. The molecule has 136 valence electrons. The number of nitrogens with zero attached hydrogens (tertiary/aromatic N) is 2. The molecule has 1 aromatic heterocycles. The maximum Gasteiger partial charge on any atom is 0.400 e. The third-order valence-corrected chi connectivity index (χ3v) is 5.49. The molecular formula is C16H10Cl2F2N2O3S. The van der Waals surface area contributed by atoms with E-state index in [1.165, 1.54) is 24.3 Å². The van der Waals surface area contributed by atoms with Gasteiger partial charge in [-0.25, -0.2) is 8.42 Å². The summed E-state index contributed by atoms with van der Waals surface area (Å²) in [5.74, 6) is -1.50. The zero-order chi connectivity index (χ0) is 18.9. The standard InChI is InChI=1S/C16H10Cl2F2N2O3S/c17-12-6-4-10(5-7-12)9-26(23,24)13-3-1-2-11(8-13)14-21-15(25-22-14)16(18,19)20/h1-8H,9H2. The molecule has 26 heavy (non-hydrogen) atoms. The van der Waals surface area contributed by atoms with E-state index in [2.05, 4.69) is 14.7 Å². The number of benzene rings is 2. The highest BCUT2D eigenvalue weighted by Crippen LogP contribution is 2.32. The second kappa shape index (κ2) is 6.94. The van der Waals surface area contributed by atoms with Crippen LogP contribution in [0.5, 0.6) is 0 Å². The first-order valence-electron chi connectivity index (χ1n) is 7.14. The molecule has 0 aliphatic rings. The second-order valence-corrected chi connectivity index (χ2v) is 8.23. The van der Waals surface area contributed by atoms with Crippen molar-refractivity contribution in [2.24, 2.45) is 0 Å². The highest BCUT2D eigenvalue weighted by atomic mass is 35.5. The molecule has 0 unspecified atom stereocenters. The summed E-state index contributed by atoms with van der Waals surface area (Å²) < 4.78 is 55.6. The van der Waals surface area contributed by atoms with Gasteiger partial charge >= 0.3 is 11.3 Å². The van der Waals surface area contributed by atoms with Gasteiger partial charge in [0.15, 0.2) is 9.84 Å². The van der Waals surface area contributed by atoms with E-state index in [0.717, 1.165) is 0 Å². The summed E-state index contributed by atoms with van der Waals surface area (Å²) >= 11 is 10.6. The van der Waals surface area contributed by atoms with Crippen LogP contribution in [-0.4, -0.2) is 18.6 Å². The van der Waals surface area contributed by atoms with Crippen molar-refractivity contribution in [3.8, 4) is 11.4 Å². The van der Waals surface area contributed by atoms with Gasteiger partial charge in [-0.15, -0.1) is 0 Å². The molecule has 0 fully saturated rings. The fourth-order valence-corrected chi connectivity index (χ4v) is 3.76. The average molecular weight is 419 g/mol. The van der Waals surface area contributed by atoms with E-state index in [4.69, 9.17) is 23.2 Å². The first-order chi connectivity index (χ1) is 12.1. The fraction of sp³-hybridized carbons (Fsp3) is 0.125. The van der Waals surface area contributed by atoms with Crippen molar-refractivity contribution in [1.29, 1.82) is 0 Å². The molecule has 0 spiro atoms. The van der Waals surface area contributed by atoms with Gasteiger partial charge in [0.2, 0.25) is 5.82 Å². The van der Waals surface area contributed by atoms with Crippen molar-refractivity contribution in [3.63, 3.8) is 0 Å². The Balaban J connectivity index is 1.91. The average Bonchev–Trinajstić information content (AvgIpc) is 3.07. The van der Waals surface area contributed by atoms with Crippen LogP contribution >= 0.6 is 23.2 Å². The van der Waals surface area contributed by atoms with Crippen molar-refractivity contribution < 1.29 is 21.7 Å². The maximum atomic E-state index is 13.0. The van der Waals surface area contributed by atoms with E-state index >= 15 is 0 Å². The second-order valence-electron chi connectivity index (χ2n) is 5.33. The molecule has 5 nitrogen and oxygen atoms in total. The van der Waals surface area contributed by atoms with E-state index in [9.17, 15) is 17.2 Å². The lowest BCUT2D eigenvalue weighted by atomic mass is 10.2. The van der Waals surface area contributed by atoms with Crippen LogP contribution in [0.15, 0.2) is 57.9 Å². The Morgan fingerprint density at radius 2 is 1.81 bits per heavy atom. The van der Waals surface area contributed by atoms with Crippen molar-refractivity contribution in [2.75, 3.05) is 0 Å². The molecular weight excluding hydrogens is 409 g/mol. The smallest absolute Gasteiger partial charge is 0.331 e. The predicted octanol–water partition coefficient (Wildman–Crippen LogP) is 4.65. The minimum absolute atomic E-state index is 0.00562. The van der Waals surface area contributed by atoms with Gasteiger partial charge in [0, 0.05) is 10.6 Å². The highest BCUT2D eigenvalue weighted by Gasteiger charge is 2.35.